The zero-order valence-corrected chi connectivity index (χ0v) is 10.0. The summed E-state index contributed by atoms with van der Waals surface area (Å²) in [6.07, 6.45) is 0.671. The van der Waals surface area contributed by atoms with E-state index < -0.39 is 0 Å². The van der Waals surface area contributed by atoms with Gasteiger partial charge in [-0.15, -0.1) is 0 Å². The standard InChI is InChI=1S/C10H13N3O2S/c1-6-5-7(12-16-6)10(15)13(2)8-3-4-11-9(8)14/h5,8H,3-4H2,1-2H3,(H,11,14). The van der Waals surface area contributed by atoms with Crippen LogP contribution >= 0.6 is 11.5 Å². The molecule has 86 valence electrons. The molecule has 1 unspecified atom stereocenters. The Labute approximate surface area is 97.6 Å². The van der Waals surface area contributed by atoms with Gasteiger partial charge in [0.2, 0.25) is 5.91 Å². The average Bonchev–Trinajstić information content (AvgIpc) is 2.85. The quantitative estimate of drug-likeness (QED) is 0.813. The lowest BCUT2D eigenvalue weighted by Gasteiger charge is -2.20. The van der Waals surface area contributed by atoms with E-state index in [-0.39, 0.29) is 17.9 Å². The van der Waals surface area contributed by atoms with Gasteiger partial charge < -0.3 is 10.2 Å². The number of amides is 2. The van der Waals surface area contributed by atoms with Crippen LogP contribution in [0.5, 0.6) is 0 Å². The second kappa shape index (κ2) is 4.21. The molecule has 1 N–H and O–H groups in total. The van der Waals surface area contributed by atoms with Crippen molar-refractivity contribution in [1.82, 2.24) is 14.6 Å². The van der Waals surface area contributed by atoms with Crippen molar-refractivity contribution in [2.24, 2.45) is 0 Å². The lowest BCUT2D eigenvalue weighted by molar-refractivity contribution is -0.122. The predicted octanol–water partition coefficient (Wildman–Crippen LogP) is 0.412. The van der Waals surface area contributed by atoms with Gasteiger partial charge in [0, 0.05) is 18.5 Å². The Bertz CT molecular complexity index is 429. The summed E-state index contributed by atoms with van der Waals surface area (Å²) in [5.41, 5.74) is 0.421. The second-order valence-electron chi connectivity index (χ2n) is 3.83. The average molecular weight is 239 g/mol. The molecular weight excluding hydrogens is 226 g/mol. The molecule has 1 saturated heterocycles. The van der Waals surface area contributed by atoms with E-state index in [1.165, 1.54) is 16.4 Å². The van der Waals surface area contributed by atoms with Gasteiger partial charge in [-0.05, 0) is 30.9 Å². The monoisotopic (exact) mass is 239 g/mol. The van der Waals surface area contributed by atoms with Gasteiger partial charge in [0.1, 0.15) is 11.7 Å². The third-order valence-electron chi connectivity index (χ3n) is 2.65. The number of carbonyl (C=O) groups excluding carboxylic acids is 2. The minimum Gasteiger partial charge on any atom is -0.354 e. The maximum atomic E-state index is 12.0. The number of aromatic nitrogens is 1. The first-order valence-corrected chi connectivity index (χ1v) is 5.85. The summed E-state index contributed by atoms with van der Waals surface area (Å²) in [7, 11) is 1.65. The number of nitrogens with zero attached hydrogens (tertiary/aromatic N) is 2. The van der Waals surface area contributed by atoms with E-state index >= 15 is 0 Å². The summed E-state index contributed by atoms with van der Waals surface area (Å²) in [6, 6.07) is 1.39. The molecule has 0 spiro atoms. The minimum atomic E-state index is -0.352. The summed E-state index contributed by atoms with van der Waals surface area (Å²) in [4.78, 5) is 25.9. The lowest BCUT2D eigenvalue weighted by atomic mass is 10.2. The highest BCUT2D eigenvalue weighted by Gasteiger charge is 2.31. The molecule has 0 aromatic carbocycles. The first-order valence-electron chi connectivity index (χ1n) is 5.08. The van der Waals surface area contributed by atoms with Crippen LogP contribution in [0.3, 0.4) is 0 Å². The van der Waals surface area contributed by atoms with Gasteiger partial charge in [0.05, 0.1) is 0 Å². The van der Waals surface area contributed by atoms with Gasteiger partial charge in [0.25, 0.3) is 5.91 Å². The van der Waals surface area contributed by atoms with Crippen LogP contribution in [0.15, 0.2) is 6.07 Å². The Morgan fingerprint density at radius 3 is 2.94 bits per heavy atom. The molecule has 2 amide bonds. The Morgan fingerprint density at radius 2 is 2.44 bits per heavy atom. The van der Waals surface area contributed by atoms with Gasteiger partial charge in [-0.2, -0.15) is 4.37 Å². The number of rotatable bonds is 2. The van der Waals surface area contributed by atoms with Gasteiger partial charge in [0.15, 0.2) is 0 Å². The lowest BCUT2D eigenvalue weighted by Crippen LogP contribution is -2.41. The Kier molecular flexibility index (Phi) is 2.91. The second-order valence-corrected chi connectivity index (χ2v) is 4.84. The number of nitrogens with one attached hydrogen (secondary N) is 1. The van der Waals surface area contributed by atoms with Crippen molar-refractivity contribution in [3.63, 3.8) is 0 Å². The molecule has 0 radical (unpaired) electrons. The third kappa shape index (κ3) is 1.92. The molecule has 0 aliphatic carbocycles. The maximum absolute atomic E-state index is 12.0. The van der Waals surface area contributed by atoms with Crippen LogP contribution in [0, 0.1) is 6.92 Å². The Hall–Kier alpha value is -1.43. The van der Waals surface area contributed by atoms with Crippen molar-refractivity contribution in [3.05, 3.63) is 16.6 Å². The molecule has 1 aromatic heterocycles. The molecule has 6 heteroatoms. The van der Waals surface area contributed by atoms with Crippen LogP contribution in [-0.2, 0) is 4.79 Å². The summed E-state index contributed by atoms with van der Waals surface area (Å²) in [5.74, 6) is -0.269. The smallest absolute Gasteiger partial charge is 0.273 e. The summed E-state index contributed by atoms with van der Waals surface area (Å²) < 4.78 is 4.05. The molecular formula is C10H13N3O2S. The third-order valence-corrected chi connectivity index (χ3v) is 3.35. The summed E-state index contributed by atoms with van der Waals surface area (Å²) in [6.45, 7) is 2.54. The molecule has 2 heterocycles. The number of carbonyl (C=O) groups is 2. The van der Waals surface area contributed by atoms with Crippen LogP contribution < -0.4 is 5.32 Å². The van der Waals surface area contributed by atoms with Gasteiger partial charge in [-0.25, -0.2) is 0 Å². The molecule has 0 saturated carbocycles. The van der Waals surface area contributed by atoms with Crippen molar-refractivity contribution >= 4 is 23.3 Å². The van der Waals surface area contributed by atoms with E-state index in [0.717, 1.165) is 4.88 Å². The number of aryl methyl sites for hydroxylation is 1. The molecule has 1 aliphatic heterocycles. The van der Waals surface area contributed by atoms with E-state index in [1.807, 2.05) is 6.92 Å². The van der Waals surface area contributed by atoms with Crippen molar-refractivity contribution in [2.45, 2.75) is 19.4 Å². The van der Waals surface area contributed by atoms with Gasteiger partial charge in [-0.1, -0.05) is 0 Å². The highest BCUT2D eigenvalue weighted by Crippen LogP contribution is 2.14. The fourth-order valence-corrected chi connectivity index (χ4v) is 2.28. The van der Waals surface area contributed by atoms with Crippen LogP contribution in [0.1, 0.15) is 21.8 Å². The van der Waals surface area contributed by atoms with Crippen molar-refractivity contribution in [1.29, 1.82) is 0 Å². The fourth-order valence-electron chi connectivity index (χ4n) is 1.74. The molecule has 1 aromatic rings. The molecule has 2 rings (SSSR count). The van der Waals surface area contributed by atoms with Crippen molar-refractivity contribution in [3.8, 4) is 0 Å². The maximum Gasteiger partial charge on any atom is 0.273 e. The number of hydrogen-bond donors (Lipinski definition) is 1. The molecule has 1 atom stereocenters. The molecule has 1 fully saturated rings. The van der Waals surface area contributed by atoms with E-state index in [4.69, 9.17) is 0 Å². The van der Waals surface area contributed by atoms with Crippen LogP contribution in [0.25, 0.3) is 0 Å². The number of hydrogen-bond acceptors (Lipinski definition) is 4. The minimum absolute atomic E-state index is 0.0807. The normalized spacial score (nSPS) is 19.6. The van der Waals surface area contributed by atoms with Crippen molar-refractivity contribution in [2.75, 3.05) is 13.6 Å². The summed E-state index contributed by atoms with van der Waals surface area (Å²) in [5, 5.41) is 2.71. The zero-order chi connectivity index (χ0) is 11.7. The van der Waals surface area contributed by atoms with E-state index in [1.54, 1.807) is 13.1 Å². The molecule has 0 bridgehead atoms. The SMILES string of the molecule is Cc1cc(C(=O)N(C)C2CCNC2=O)ns1. The Morgan fingerprint density at radius 1 is 1.69 bits per heavy atom. The summed E-state index contributed by atoms with van der Waals surface area (Å²) >= 11 is 1.30. The zero-order valence-electron chi connectivity index (χ0n) is 9.19. The predicted molar refractivity (Wildman–Crippen MR) is 60.4 cm³/mol. The highest BCUT2D eigenvalue weighted by molar-refractivity contribution is 7.05. The fraction of sp³-hybridized carbons (Fsp3) is 0.500. The topological polar surface area (TPSA) is 62.3 Å². The molecule has 5 nitrogen and oxygen atoms in total. The highest BCUT2D eigenvalue weighted by atomic mass is 32.1. The van der Waals surface area contributed by atoms with E-state index in [2.05, 4.69) is 9.69 Å². The van der Waals surface area contributed by atoms with Gasteiger partial charge >= 0.3 is 0 Å². The molecule has 16 heavy (non-hydrogen) atoms. The molecule has 1 aliphatic rings. The van der Waals surface area contributed by atoms with E-state index in [0.29, 0.717) is 18.7 Å². The Balaban J connectivity index is 2.13. The first-order chi connectivity index (χ1) is 7.59. The van der Waals surface area contributed by atoms with E-state index in [9.17, 15) is 9.59 Å². The largest absolute Gasteiger partial charge is 0.354 e. The van der Waals surface area contributed by atoms with Gasteiger partial charge in [-0.3, -0.25) is 9.59 Å². The van der Waals surface area contributed by atoms with Crippen LogP contribution in [0.2, 0.25) is 0 Å². The van der Waals surface area contributed by atoms with Crippen molar-refractivity contribution < 1.29 is 9.59 Å². The van der Waals surface area contributed by atoms with Crippen LogP contribution in [0.4, 0.5) is 0 Å². The first kappa shape index (κ1) is 11.1. The number of likely N-dealkylation sites (N-methyl/N-ethyl adjacent to an activating group) is 1. The van der Waals surface area contributed by atoms with Crippen LogP contribution in [-0.4, -0.2) is 40.7 Å².